The van der Waals surface area contributed by atoms with Gasteiger partial charge in [-0.2, -0.15) is 8.78 Å². The molecule has 0 aliphatic rings. The van der Waals surface area contributed by atoms with E-state index in [1.807, 2.05) is 13.8 Å². The first-order valence-electron chi connectivity index (χ1n) is 5.98. The van der Waals surface area contributed by atoms with Crippen molar-refractivity contribution in [3.05, 3.63) is 30.3 Å². The van der Waals surface area contributed by atoms with Crippen LogP contribution in [0.3, 0.4) is 0 Å². The van der Waals surface area contributed by atoms with Crippen LogP contribution in [0.2, 0.25) is 0 Å². The van der Waals surface area contributed by atoms with Crippen molar-refractivity contribution >= 4 is 9.84 Å². The molecular weight excluding hydrogens is 258 g/mol. The van der Waals surface area contributed by atoms with E-state index in [4.69, 9.17) is 0 Å². The molecule has 0 N–H and O–H groups in total. The second-order valence-corrected chi connectivity index (χ2v) is 6.58. The Morgan fingerprint density at radius 2 is 1.78 bits per heavy atom. The minimum atomic E-state index is -4.58. The summed E-state index contributed by atoms with van der Waals surface area (Å²) in [4.78, 5) is -0.320. The standard InChI is InChI=1S/C13H18F2O2S/c1-3-11(2)9-10-13(14,15)18(16,17)12-7-5-4-6-8-12/h4-8,11H,3,9-10H2,1-2H3. The summed E-state index contributed by atoms with van der Waals surface area (Å²) >= 11 is 0. The molecule has 0 fully saturated rings. The Morgan fingerprint density at radius 1 is 1.22 bits per heavy atom. The molecule has 0 aromatic heterocycles. The molecule has 0 aliphatic carbocycles. The number of hydrogen-bond donors (Lipinski definition) is 0. The predicted molar refractivity (Wildman–Crippen MR) is 67.3 cm³/mol. The average molecular weight is 276 g/mol. The molecule has 0 bridgehead atoms. The van der Waals surface area contributed by atoms with Gasteiger partial charge < -0.3 is 0 Å². The van der Waals surface area contributed by atoms with Gasteiger partial charge in [0, 0.05) is 6.42 Å². The van der Waals surface area contributed by atoms with Crippen LogP contribution < -0.4 is 0 Å². The number of sulfone groups is 1. The second kappa shape index (κ2) is 5.78. The van der Waals surface area contributed by atoms with E-state index in [1.165, 1.54) is 24.3 Å². The molecule has 5 heteroatoms. The Morgan fingerprint density at radius 3 is 2.28 bits per heavy atom. The van der Waals surface area contributed by atoms with Crippen LogP contribution >= 0.6 is 0 Å². The summed E-state index contributed by atoms with van der Waals surface area (Å²) in [7, 11) is -4.58. The van der Waals surface area contributed by atoms with Gasteiger partial charge in [0.25, 0.3) is 0 Å². The Kier molecular flexibility index (Phi) is 4.85. The van der Waals surface area contributed by atoms with E-state index < -0.39 is 21.5 Å². The normalized spacial score (nSPS) is 14.4. The van der Waals surface area contributed by atoms with Crippen molar-refractivity contribution in [2.75, 3.05) is 0 Å². The smallest absolute Gasteiger partial charge is 0.217 e. The largest absolute Gasteiger partial charge is 0.350 e. The number of benzene rings is 1. The fraction of sp³-hybridized carbons (Fsp3) is 0.538. The van der Waals surface area contributed by atoms with Crippen LogP contribution in [-0.2, 0) is 9.84 Å². The zero-order chi connectivity index (χ0) is 13.8. The Hall–Kier alpha value is -0.970. The first kappa shape index (κ1) is 15.1. The Balaban J connectivity index is 2.90. The average Bonchev–Trinajstić information content (AvgIpc) is 2.36. The minimum Gasteiger partial charge on any atom is -0.217 e. The van der Waals surface area contributed by atoms with Crippen LogP contribution in [0.25, 0.3) is 0 Å². The summed E-state index contributed by atoms with van der Waals surface area (Å²) in [6.07, 6.45) is 0.344. The van der Waals surface area contributed by atoms with Gasteiger partial charge in [0.1, 0.15) is 0 Å². The maximum absolute atomic E-state index is 13.8. The van der Waals surface area contributed by atoms with Gasteiger partial charge in [-0.15, -0.1) is 0 Å². The van der Waals surface area contributed by atoms with Gasteiger partial charge in [0.15, 0.2) is 0 Å². The molecule has 0 heterocycles. The molecule has 18 heavy (non-hydrogen) atoms. The molecule has 0 saturated carbocycles. The van der Waals surface area contributed by atoms with Gasteiger partial charge in [-0.05, 0) is 24.5 Å². The molecule has 0 radical (unpaired) electrons. The lowest BCUT2D eigenvalue weighted by molar-refractivity contribution is 0.0746. The van der Waals surface area contributed by atoms with Crippen LogP contribution in [0.1, 0.15) is 33.1 Å². The molecule has 2 nitrogen and oxygen atoms in total. The van der Waals surface area contributed by atoms with E-state index in [0.717, 1.165) is 6.42 Å². The molecule has 1 aromatic carbocycles. The first-order valence-corrected chi connectivity index (χ1v) is 7.47. The van der Waals surface area contributed by atoms with E-state index in [9.17, 15) is 17.2 Å². The summed E-state index contributed by atoms with van der Waals surface area (Å²) in [5, 5.41) is -3.70. The Labute approximate surface area is 107 Å². The van der Waals surface area contributed by atoms with E-state index in [0.29, 0.717) is 0 Å². The highest BCUT2D eigenvalue weighted by Crippen LogP contribution is 2.34. The van der Waals surface area contributed by atoms with Crippen LogP contribution in [0.5, 0.6) is 0 Å². The predicted octanol–water partition coefficient (Wildman–Crippen LogP) is 3.88. The molecule has 0 spiro atoms. The molecule has 1 aromatic rings. The summed E-state index contributed by atoms with van der Waals surface area (Å²) in [5.74, 6) is 0.0989. The lowest BCUT2D eigenvalue weighted by Gasteiger charge is -2.18. The summed E-state index contributed by atoms with van der Waals surface area (Å²) in [6, 6.07) is 6.88. The van der Waals surface area contributed by atoms with Gasteiger partial charge in [-0.25, -0.2) is 8.42 Å². The fourth-order valence-corrected chi connectivity index (χ4v) is 2.77. The van der Waals surface area contributed by atoms with Crippen LogP contribution in [0.4, 0.5) is 8.78 Å². The van der Waals surface area contributed by atoms with Crippen molar-refractivity contribution in [1.29, 1.82) is 0 Å². The van der Waals surface area contributed by atoms with Gasteiger partial charge in [-0.3, -0.25) is 0 Å². The monoisotopic (exact) mass is 276 g/mol. The topological polar surface area (TPSA) is 34.1 Å². The van der Waals surface area contributed by atoms with Gasteiger partial charge in [0.05, 0.1) is 4.90 Å². The third-order valence-electron chi connectivity index (χ3n) is 3.07. The van der Waals surface area contributed by atoms with Crippen LogP contribution in [0, 0.1) is 5.92 Å². The highest BCUT2D eigenvalue weighted by Gasteiger charge is 2.45. The zero-order valence-electron chi connectivity index (χ0n) is 10.6. The fourth-order valence-electron chi connectivity index (χ4n) is 1.52. The van der Waals surface area contributed by atoms with Gasteiger partial charge in [-0.1, -0.05) is 38.5 Å². The summed E-state index contributed by atoms with van der Waals surface area (Å²) in [5.41, 5.74) is 0. The third kappa shape index (κ3) is 3.28. The van der Waals surface area contributed by atoms with Crippen LogP contribution in [-0.4, -0.2) is 13.7 Å². The highest BCUT2D eigenvalue weighted by atomic mass is 32.2. The number of halogens is 2. The quantitative estimate of drug-likeness (QED) is 0.790. The van der Waals surface area contributed by atoms with Crippen molar-refractivity contribution in [2.45, 2.75) is 43.3 Å². The second-order valence-electron chi connectivity index (χ2n) is 4.51. The maximum Gasteiger partial charge on any atom is 0.350 e. The first-order chi connectivity index (χ1) is 8.31. The molecule has 1 unspecified atom stereocenters. The molecule has 0 aliphatic heterocycles. The Bertz CT molecular complexity index is 469. The molecule has 1 atom stereocenters. The minimum absolute atomic E-state index is 0.0989. The highest BCUT2D eigenvalue weighted by molar-refractivity contribution is 7.92. The van der Waals surface area contributed by atoms with Crippen molar-refractivity contribution in [1.82, 2.24) is 0 Å². The van der Waals surface area contributed by atoms with Gasteiger partial charge in [0.2, 0.25) is 9.84 Å². The van der Waals surface area contributed by atoms with Crippen molar-refractivity contribution < 1.29 is 17.2 Å². The van der Waals surface area contributed by atoms with E-state index >= 15 is 0 Å². The number of alkyl halides is 2. The van der Waals surface area contributed by atoms with Crippen molar-refractivity contribution in [3.63, 3.8) is 0 Å². The molecule has 1 rings (SSSR count). The number of rotatable bonds is 6. The molecule has 102 valence electrons. The summed E-state index contributed by atoms with van der Waals surface area (Å²) < 4.78 is 51.2. The zero-order valence-corrected chi connectivity index (χ0v) is 11.4. The SMILES string of the molecule is CCC(C)CCC(F)(F)S(=O)(=O)c1ccccc1. The van der Waals surface area contributed by atoms with Crippen molar-refractivity contribution in [2.24, 2.45) is 5.92 Å². The summed E-state index contributed by atoms with van der Waals surface area (Å²) in [6.45, 7) is 3.74. The third-order valence-corrected chi connectivity index (χ3v) is 4.95. The van der Waals surface area contributed by atoms with Crippen molar-refractivity contribution in [3.8, 4) is 0 Å². The number of hydrogen-bond acceptors (Lipinski definition) is 2. The van der Waals surface area contributed by atoms with Crippen LogP contribution in [0.15, 0.2) is 35.2 Å². The molecule has 0 saturated heterocycles. The van der Waals surface area contributed by atoms with E-state index in [-0.39, 0.29) is 17.2 Å². The lowest BCUT2D eigenvalue weighted by atomic mass is 10.0. The molecular formula is C13H18F2O2S. The van der Waals surface area contributed by atoms with Gasteiger partial charge >= 0.3 is 5.25 Å². The molecule has 0 amide bonds. The maximum atomic E-state index is 13.8. The van der Waals surface area contributed by atoms with E-state index in [1.54, 1.807) is 6.07 Å². The van der Waals surface area contributed by atoms with E-state index in [2.05, 4.69) is 0 Å². The lowest BCUT2D eigenvalue weighted by Crippen LogP contribution is -2.29.